The third-order valence-corrected chi connectivity index (χ3v) is 4.87. The van der Waals surface area contributed by atoms with Crippen molar-refractivity contribution in [1.29, 1.82) is 0 Å². The van der Waals surface area contributed by atoms with Gasteiger partial charge in [0.25, 0.3) is 0 Å². The summed E-state index contributed by atoms with van der Waals surface area (Å²) >= 11 is 1.59. The van der Waals surface area contributed by atoms with E-state index in [0.29, 0.717) is 23.5 Å². The van der Waals surface area contributed by atoms with Crippen molar-refractivity contribution in [1.82, 2.24) is 20.0 Å². The second-order valence-corrected chi connectivity index (χ2v) is 6.32. The Hall–Kier alpha value is -1.54. The van der Waals surface area contributed by atoms with Gasteiger partial charge in [-0.15, -0.1) is 11.8 Å². The van der Waals surface area contributed by atoms with E-state index in [1.165, 1.54) is 6.92 Å². The zero-order chi connectivity index (χ0) is 14.8. The van der Waals surface area contributed by atoms with Crippen LogP contribution < -0.4 is 10.6 Å². The average Bonchev–Trinajstić information content (AvgIpc) is 3.19. The zero-order valence-electron chi connectivity index (χ0n) is 11.9. The first kappa shape index (κ1) is 14.4. The van der Waals surface area contributed by atoms with Gasteiger partial charge in [-0.3, -0.25) is 14.3 Å². The molecule has 3 rings (SSSR count). The largest absolute Gasteiger partial charge is 0.321 e. The smallest absolute Gasteiger partial charge is 0.249 e. The lowest BCUT2D eigenvalue weighted by Gasteiger charge is -2.20. The Bertz CT molecular complexity index is 540. The molecule has 3 heterocycles. The van der Waals surface area contributed by atoms with Gasteiger partial charge in [-0.1, -0.05) is 0 Å². The van der Waals surface area contributed by atoms with Gasteiger partial charge in [-0.25, -0.2) is 0 Å². The highest BCUT2D eigenvalue weighted by Gasteiger charge is 2.33. The minimum absolute atomic E-state index is 0.0669. The highest BCUT2D eigenvalue weighted by Crippen LogP contribution is 2.22. The van der Waals surface area contributed by atoms with Crippen molar-refractivity contribution in [2.45, 2.75) is 25.4 Å². The maximum Gasteiger partial charge on any atom is 0.249 e. The molecule has 0 saturated carbocycles. The first-order valence-electron chi connectivity index (χ1n) is 7.07. The fourth-order valence-corrected chi connectivity index (χ4v) is 3.87. The minimum Gasteiger partial charge on any atom is -0.321 e. The van der Waals surface area contributed by atoms with Crippen LogP contribution in [-0.2, 0) is 9.59 Å². The SMILES string of the molecule is CC(=O)N1CSC[C@H]1C(=O)Nc1ccn([C@@H]2CCNC2)n1. The summed E-state index contributed by atoms with van der Waals surface area (Å²) < 4.78 is 1.89. The average molecular weight is 309 g/mol. The van der Waals surface area contributed by atoms with Crippen molar-refractivity contribution in [3.63, 3.8) is 0 Å². The van der Waals surface area contributed by atoms with Gasteiger partial charge < -0.3 is 15.5 Å². The number of amides is 2. The first-order valence-corrected chi connectivity index (χ1v) is 8.22. The molecule has 0 radical (unpaired) electrons. The van der Waals surface area contributed by atoms with E-state index in [1.807, 2.05) is 10.9 Å². The summed E-state index contributed by atoms with van der Waals surface area (Å²) in [6.45, 7) is 3.40. The van der Waals surface area contributed by atoms with E-state index in [1.54, 1.807) is 22.7 Å². The maximum atomic E-state index is 12.3. The standard InChI is InChI=1S/C13H19N5O2S/c1-9(19)17-8-21-7-11(17)13(20)15-12-3-5-18(16-12)10-2-4-14-6-10/h3,5,10-11,14H,2,4,6-8H2,1H3,(H,15,16,20)/t10-,11+/m1/s1. The van der Waals surface area contributed by atoms with E-state index >= 15 is 0 Å². The Kier molecular flexibility index (Phi) is 4.16. The molecule has 2 fully saturated rings. The van der Waals surface area contributed by atoms with E-state index in [4.69, 9.17) is 0 Å². The molecule has 7 nitrogen and oxygen atoms in total. The summed E-state index contributed by atoms with van der Waals surface area (Å²) in [6, 6.07) is 1.76. The molecule has 8 heteroatoms. The third-order valence-electron chi connectivity index (χ3n) is 3.86. The first-order chi connectivity index (χ1) is 10.1. The lowest BCUT2D eigenvalue weighted by atomic mass is 10.2. The Labute approximate surface area is 127 Å². The molecule has 21 heavy (non-hydrogen) atoms. The van der Waals surface area contributed by atoms with E-state index in [-0.39, 0.29) is 11.8 Å². The number of aromatic nitrogens is 2. The summed E-state index contributed by atoms with van der Waals surface area (Å²) in [7, 11) is 0. The van der Waals surface area contributed by atoms with E-state index < -0.39 is 6.04 Å². The van der Waals surface area contributed by atoms with E-state index in [2.05, 4.69) is 15.7 Å². The zero-order valence-corrected chi connectivity index (χ0v) is 12.7. The van der Waals surface area contributed by atoms with Gasteiger partial charge in [-0.2, -0.15) is 5.10 Å². The highest BCUT2D eigenvalue weighted by molar-refractivity contribution is 7.99. The van der Waals surface area contributed by atoms with Gasteiger partial charge in [0.2, 0.25) is 11.8 Å². The van der Waals surface area contributed by atoms with Crippen LogP contribution in [0.2, 0.25) is 0 Å². The maximum absolute atomic E-state index is 12.3. The Morgan fingerprint density at radius 2 is 2.38 bits per heavy atom. The van der Waals surface area contributed by atoms with E-state index in [0.717, 1.165) is 19.5 Å². The number of nitrogens with one attached hydrogen (secondary N) is 2. The summed E-state index contributed by atoms with van der Waals surface area (Å²) in [5.74, 6) is 1.54. The lowest BCUT2D eigenvalue weighted by Crippen LogP contribution is -2.43. The van der Waals surface area contributed by atoms with Crippen molar-refractivity contribution in [2.75, 3.05) is 30.0 Å². The minimum atomic E-state index is -0.397. The fraction of sp³-hybridized carbons (Fsp3) is 0.615. The summed E-state index contributed by atoms with van der Waals surface area (Å²) in [4.78, 5) is 25.4. The number of carbonyl (C=O) groups is 2. The van der Waals surface area contributed by atoms with Crippen LogP contribution in [0.3, 0.4) is 0 Å². The Balaban J connectivity index is 1.63. The number of thioether (sulfide) groups is 1. The van der Waals surface area contributed by atoms with Crippen LogP contribution in [-0.4, -0.2) is 57.3 Å². The number of hydrogen-bond acceptors (Lipinski definition) is 5. The van der Waals surface area contributed by atoms with Gasteiger partial charge >= 0.3 is 0 Å². The van der Waals surface area contributed by atoms with E-state index in [9.17, 15) is 9.59 Å². The molecule has 0 unspecified atom stereocenters. The normalized spacial score (nSPS) is 25.3. The number of nitrogens with zero attached hydrogens (tertiary/aromatic N) is 3. The molecule has 0 spiro atoms. The molecule has 1 aromatic rings. The van der Waals surface area contributed by atoms with Crippen molar-refractivity contribution >= 4 is 29.4 Å². The van der Waals surface area contributed by atoms with Crippen LogP contribution in [0, 0.1) is 0 Å². The molecule has 2 aliphatic heterocycles. The quantitative estimate of drug-likeness (QED) is 0.838. The molecule has 0 aliphatic carbocycles. The highest BCUT2D eigenvalue weighted by atomic mass is 32.2. The molecule has 2 atom stereocenters. The Morgan fingerprint density at radius 3 is 3.10 bits per heavy atom. The van der Waals surface area contributed by atoms with Crippen molar-refractivity contribution in [2.24, 2.45) is 0 Å². The summed E-state index contributed by atoms with van der Waals surface area (Å²) in [5, 5.41) is 10.5. The van der Waals surface area contributed by atoms with Gasteiger partial charge in [0.1, 0.15) is 6.04 Å². The fourth-order valence-electron chi connectivity index (χ4n) is 2.65. The van der Waals surface area contributed by atoms with Gasteiger partial charge in [0.15, 0.2) is 5.82 Å². The van der Waals surface area contributed by atoms with Crippen molar-refractivity contribution in [3.05, 3.63) is 12.3 Å². The molecular weight excluding hydrogens is 290 g/mol. The molecule has 2 amide bonds. The molecule has 2 saturated heterocycles. The molecule has 0 bridgehead atoms. The van der Waals surface area contributed by atoms with Crippen LogP contribution in [0.25, 0.3) is 0 Å². The molecule has 2 aliphatic rings. The monoisotopic (exact) mass is 309 g/mol. The number of anilines is 1. The van der Waals surface area contributed by atoms with Crippen LogP contribution in [0.15, 0.2) is 12.3 Å². The summed E-state index contributed by atoms with van der Waals surface area (Å²) in [6.07, 6.45) is 2.94. The van der Waals surface area contributed by atoms with Crippen LogP contribution >= 0.6 is 11.8 Å². The second kappa shape index (κ2) is 6.07. The molecule has 2 N–H and O–H groups in total. The van der Waals surface area contributed by atoms with Crippen LogP contribution in [0.5, 0.6) is 0 Å². The van der Waals surface area contributed by atoms with Gasteiger partial charge in [-0.05, 0) is 13.0 Å². The predicted octanol–water partition coefficient (Wildman–Crippen LogP) is 0.277. The number of hydrogen-bond donors (Lipinski definition) is 2. The summed E-state index contributed by atoms with van der Waals surface area (Å²) in [5.41, 5.74) is 0. The van der Waals surface area contributed by atoms with Crippen LogP contribution in [0.1, 0.15) is 19.4 Å². The molecule has 0 aromatic carbocycles. The van der Waals surface area contributed by atoms with Gasteiger partial charge in [0.05, 0.1) is 11.9 Å². The van der Waals surface area contributed by atoms with Crippen LogP contribution in [0.4, 0.5) is 5.82 Å². The molecule has 1 aromatic heterocycles. The predicted molar refractivity (Wildman–Crippen MR) is 81.0 cm³/mol. The van der Waals surface area contributed by atoms with Crippen molar-refractivity contribution in [3.8, 4) is 0 Å². The molecular formula is C13H19N5O2S. The Morgan fingerprint density at radius 1 is 1.52 bits per heavy atom. The van der Waals surface area contributed by atoms with Crippen molar-refractivity contribution < 1.29 is 9.59 Å². The lowest BCUT2D eigenvalue weighted by molar-refractivity contribution is -0.134. The third kappa shape index (κ3) is 3.06. The second-order valence-electron chi connectivity index (χ2n) is 5.32. The number of carbonyl (C=O) groups excluding carboxylic acids is 2. The number of rotatable bonds is 3. The molecule has 114 valence electrons. The van der Waals surface area contributed by atoms with Gasteiger partial charge in [0, 0.05) is 31.5 Å². The topological polar surface area (TPSA) is 79.3 Å².